The van der Waals surface area contributed by atoms with Crippen LogP contribution < -0.4 is 5.73 Å². The number of likely N-dealkylation sites (tertiary alicyclic amines) is 1. The Morgan fingerprint density at radius 2 is 2.11 bits per heavy atom. The van der Waals surface area contributed by atoms with Crippen molar-refractivity contribution in [2.75, 3.05) is 26.1 Å². The summed E-state index contributed by atoms with van der Waals surface area (Å²) in [4.78, 5) is 15.8. The van der Waals surface area contributed by atoms with Gasteiger partial charge in [-0.15, -0.1) is 0 Å². The number of piperidine rings is 1. The first kappa shape index (κ1) is 21.3. The predicted molar refractivity (Wildman–Crippen MR) is 98.3 cm³/mol. The smallest absolute Gasteiger partial charge is 0.410 e. The molecule has 2 heterocycles. The van der Waals surface area contributed by atoms with Crippen molar-refractivity contribution in [3.8, 4) is 0 Å². The van der Waals surface area contributed by atoms with E-state index in [2.05, 4.69) is 0 Å². The number of hydrogen-bond acceptors (Lipinski definition) is 8. The second-order valence-electron chi connectivity index (χ2n) is 7.67. The van der Waals surface area contributed by atoms with Gasteiger partial charge in [0.15, 0.2) is 6.73 Å². The van der Waals surface area contributed by atoms with Crippen LogP contribution in [0.2, 0.25) is 0 Å². The van der Waals surface area contributed by atoms with Gasteiger partial charge in [0.25, 0.3) is 10.1 Å². The van der Waals surface area contributed by atoms with Gasteiger partial charge in [-0.2, -0.15) is 8.42 Å². The van der Waals surface area contributed by atoms with Crippen LogP contribution >= 0.6 is 0 Å². The molecule has 0 aromatic heterocycles. The van der Waals surface area contributed by atoms with Crippen molar-refractivity contribution in [3.05, 3.63) is 12.0 Å². The highest BCUT2D eigenvalue weighted by Crippen LogP contribution is 2.27. The summed E-state index contributed by atoms with van der Waals surface area (Å²) < 4.78 is 37.8. The molecule has 1 fully saturated rings. The minimum atomic E-state index is -3.55. The third kappa shape index (κ3) is 6.28. The topological polar surface area (TPSA) is 135 Å². The number of carbonyl (C=O) groups excluding carboxylic acids is 1. The van der Waals surface area contributed by atoms with E-state index in [0.717, 1.165) is 6.26 Å². The monoisotopic (exact) mass is 404 g/mol. The number of rotatable bonds is 5. The molecule has 2 rings (SSSR count). The van der Waals surface area contributed by atoms with E-state index in [1.54, 1.807) is 27.0 Å². The number of nitrogens with one attached hydrogen (secondary N) is 1. The minimum absolute atomic E-state index is 0.00618. The molecular weight excluding hydrogens is 376 g/mol. The summed E-state index contributed by atoms with van der Waals surface area (Å²) in [6.45, 7) is 5.84. The van der Waals surface area contributed by atoms with Crippen LogP contribution in [0, 0.1) is 5.41 Å². The molecule has 0 aromatic carbocycles. The standard InChI is InChI=1S/C16H28N4O6S/c1-16(2,3)26-15(21)20-6-5-11(7-13(20)14(17)18)19-8-12(24-10-19)9-25-27(4,22)23/h8,11,13H,5-7,9-10H2,1-4H3,(H3,17,18). The maximum atomic E-state index is 12.4. The molecule has 10 nitrogen and oxygen atoms in total. The van der Waals surface area contributed by atoms with E-state index < -0.39 is 27.9 Å². The van der Waals surface area contributed by atoms with Gasteiger partial charge in [-0.05, 0) is 33.6 Å². The van der Waals surface area contributed by atoms with E-state index in [-0.39, 0.29) is 25.2 Å². The zero-order chi connectivity index (χ0) is 20.4. The highest BCUT2D eigenvalue weighted by molar-refractivity contribution is 7.85. The first-order valence-corrected chi connectivity index (χ1v) is 10.4. The van der Waals surface area contributed by atoms with Gasteiger partial charge in [-0.3, -0.25) is 14.5 Å². The fourth-order valence-corrected chi connectivity index (χ4v) is 3.28. The van der Waals surface area contributed by atoms with Gasteiger partial charge in [0.2, 0.25) is 0 Å². The molecule has 0 bridgehead atoms. The summed E-state index contributed by atoms with van der Waals surface area (Å²) in [5, 5.41) is 7.86. The van der Waals surface area contributed by atoms with E-state index in [0.29, 0.717) is 25.1 Å². The molecule has 11 heteroatoms. The number of carbonyl (C=O) groups is 1. The predicted octanol–water partition coefficient (Wildman–Crippen LogP) is 0.798. The normalized spacial score (nSPS) is 23.6. The SMILES string of the molecule is CC(C)(C)OC(=O)N1CCC(N2C=C(COS(C)(=O)=O)OC2)CC1C(=N)N. The van der Waals surface area contributed by atoms with Crippen molar-refractivity contribution in [2.24, 2.45) is 5.73 Å². The van der Waals surface area contributed by atoms with Crippen LogP contribution in [0.3, 0.4) is 0 Å². The van der Waals surface area contributed by atoms with E-state index in [9.17, 15) is 13.2 Å². The second-order valence-corrected chi connectivity index (χ2v) is 9.32. The Bertz CT molecular complexity index is 715. The Hall–Kier alpha value is -2.01. The van der Waals surface area contributed by atoms with Crippen molar-refractivity contribution in [3.63, 3.8) is 0 Å². The molecule has 2 aliphatic rings. The Labute approximate surface area is 159 Å². The van der Waals surface area contributed by atoms with Gasteiger partial charge >= 0.3 is 6.09 Å². The highest BCUT2D eigenvalue weighted by atomic mass is 32.2. The fourth-order valence-electron chi connectivity index (χ4n) is 2.95. The second kappa shape index (κ2) is 7.93. The zero-order valence-electron chi connectivity index (χ0n) is 16.1. The summed E-state index contributed by atoms with van der Waals surface area (Å²) in [6, 6.07) is -0.573. The van der Waals surface area contributed by atoms with E-state index in [4.69, 9.17) is 24.8 Å². The molecule has 0 saturated carbocycles. The molecule has 0 aromatic rings. The molecule has 3 N–H and O–H groups in total. The van der Waals surface area contributed by atoms with Crippen LogP contribution in [-0.2, 0) is 23.8 Å². The molecule has 1 saturated heterocycles. The Morgan fingerprint density at radius 3 is 2.67 bits per heavy atom. The van der Waals surface area contributed by atoms with Gasteiger partial charge < -0.3 is 20.1 Å². The van der Waals surface area contributed by atoms with Crippen molar-refractivity contribution >= 4 is 22.0 Å². The van der Waals surface area contributed by atoms with Crippen molar-refractivity contribution in [2.45, 2.75) is 51.3 Å². The van der Waals surface area contributed by atoms with Crippen molar-refractivity contribution < 1.29 is 26.9 Å². The van der Waals surface area contributed by atoms with Gasteiger partial charge in [-0.25, -0.2) is 4.79 Å². The third-order valence-corrected chi connectivity index (χ3v) is 4.70. The van der Waals surface area contributed by atoms with Crippen LogP contribution in [0.4, 0.5) is 4.79 Å². The van der Waals surface area contributed by atoms with Crippen LogP contribution in [0.1, 0.15) is 33.6 Å². The first-order chi connectivity index (χ1) is 12.4. The van der Waals surface area contributed by atoms with Crippen LogP contribution in [-0.4, -0.2) is 74.0 Å². The summed E-state index contributed by atoms with van der Waals surface area (Å²) in [6.07, 6.45) is 3.29. The summed E-state index contributed by atoms with van der Waals surface area (Å²) >= 11 is 0. The average Bonchev–Trinajstić information content (AvgIpc) is 2.99. The Morgan fingerprint density at radius 1 is 1.44 bits per heavy atom. The van der Waals surface area contributed by atoms with E-state index >= 15 is 0 Å². The molecule has 2 aliphatic heterocycles. The minimum Gasteiger partial charge on any atom is -0.473 e. The van der Waals surface area contributed by atoms with Gasteiger partial charge in [-0.1, -0.05) is 0 Å². The summed E-state index contributed by atoms with van der Waals surface area (Å²) in [5.41, 5.74) is 5.10. The number of amides is 1. The molecule has 2 unspecified atom stereocenters. The first-order valence-electron chi connectivity index (χ1n) is 8.63. The van der Waals surface area contributed by atoms with Crippen molar-refractivity contribution in [1.82, 2.24) is 9.80 Å². The lowest BCUT2D eigenvalue weighted by Crippen LogP contribution is -2.56. The molecule has 154 valence electrons. The summed E-state index contributed by atoms with van der Waals surface area (Å²) in [5.74, 6) is 0.310. The third-order valence-electron chi connectivity index (χ3n) is 4.15. The fraction of sp³-hybridized carbons (Fsp3) is 0.750. The highest BCUT2D eigenvalue weighted by Gasteiger charge is 2.38. The Balaban J connectivity index is 2.01. The van der Waals surface area contributed by atoms with Crippen LogP contribution in [0.15, 0.2) is 12.0 Å². The maximum Gasteiger partial charge on any atom is 0.410 e. The maximum absolute atomic E-state index is 12.4. The van der Waals surface area contributed by atoms with Crippen LogP contribution in [0.25, 0.3) is 0 Å². The van der Waals surface area contributed by atoms with E-state index in [1.165, 1.54) is 4.90 Å². The lowest BCUT2D eigenvalue weighted by atomic mass is 9.96. The average molecular weight is 404 g/mol. The Kier molecular flexibility index (Phi) is 6.25. The van der Waals surface area contributed by atoms with Crippen molar-refractivity contribution in [1.29, 1.82) is 5.41 Å². The van der Waals surface area contributed by atoms with Gasteiger partial charge in [0.05, 0.1) is 12.3 Å². The zero-order valence-corrected chi connectivity index (χ0v) is 16.9. The van der Waals surface area contributed by atoms with E-state index in [1.807, 2.05) is 4.90 Å². The molecule has 2 atom stereocenters. The number of nitrogens with zero attached hydrogens (tertiary/aromatic N) is 2. The van der Waals surface area contributed by atoms with Gasteiger partial charge in [0.1, 0.15) is 23.8 Å². The largest absolute Gasteiger partial charge is 0.473 e. The van der Waals surface area contributed by atoms with Crippen LogP contribution in [0.5, 0.6) is 0 Å². The molecular formula is C16H28N4O6S. The molecule has 27 heavy (non-hydrogen) atoms. The van der Waals surface area contributed by atoms with Gasteiger partial charge in [0, 0.05) is 18.8 Å². The molecule has 0 spiro atoms. The number of amidine groups is 1. The lowest BCUT2D eigenvalue weighted by Gasteiger charge is -2.41. The quantitative estimate of drug-likeness (QED) is 0.390. The molecule has 0 aliphatic carbocycles. The molecule has 0 radical (unpaired) electrons. The number of nitrogens with two attached hydrogens (primary N) is 1. The molecule has 1 amide bonds. The summed E-state index contributed by atoms with van der Waals surface area (Å²) in [7, 11) is -3.55. The number of ether oxygens (including phenoxy) is 2. The number of hydrogen-bond donors (Lipinski definition) is 2. The lowest BCUT2D eigenvalue weighted by molar-refractivity contribution is 0.00682.